The minimum Gasteiger partial charge on any atom is -0.396 e. The first-order valence-electron chi connectivity index (χ1n) is 8.25. The summed E-state index contributed by atoms with van der Waals surface area (Å²) in [6, 6.07) is 7.05. The smallest absolute Gasteiger partial charge is 0.221 e. The van der Waals surface area contributed by atoms with Crippen LogP contribution in [0.4, 0.5) is 16.2 Å². The van der Waals surface area contributed by atoms with Gasteiger partial charge in [-0.3, -0.25) is 0 Å². The fourth-order valence-corrected chi connectivity index (χ4v) is 4.22. The van der Waals surface area contributed by atoms with E-state index < -0.39 is 24.2 Å². The molecule has 0 bridgehead atoms. The summed E-state index contributed by atoms with van der Waals surface area (Å²) in [7, 11) is 0. The number of thiazole rings is 1. The number of nitrogens with one attached hydrogen (secondary N) is 1. The van der Waals surface area contributed by atoms with Gasteiger partial charge in [0, 0.05) is 18.7 Å². The second-order valence-corrected chi connectivity index (χ2v) is 7.37. The van der Waals surface area contributed by atoms with Gasteiger partial charge in [0.15, 0.2) is 0 Å². The van der Waals surface area contributed by atoms with Crippen LogP contribution in [0.2, 0.25) is 0 Å². The quantitative estimate of drug-likeness (QED) is 0.549. The van der Waals surface area contributed by atoms with Gasteiger partial charge < -0.3 is 21.3 Å². The van der Waals surface area contributed by atoms with E-state index in [1.54, 1.807) is 6.20 Å². The number of nitrogen functional groups attached to an aromatic ring is 1. The maximum absolute atomic E-state index is 14.4. The predicted molar refractivity (Wildman–Crippen MR) is 98.6 cm³/mol. The Hall–Kier alpha value is -2.36. The van der Waals surface area contributed by atoms with Gasteiger partial charge in [0.05, 0.1) is 27.9 Å². The monoisotopic (exact) mass is 375 g/mol. The van der Waals surface area contributed by atoms with Crippen molar-refractivity contribution >= 4 is 33.3 Å². The van der Waals surface area contributed by atoms with Gasteiger partial charge in [0.1, 0.15) is 17.0 Å². The lowest BCUT2D eigenvalue weighted by molar-refractivity contribution is 0.0444. The van der Waals surface area contributed by atoms with Crippen molar-refractivity contribution in [3.63, 3.8) is 0 Å². The van der Waals surface area contributed by atoms with Crippen LogP contribution in [0.15, 0.2) is 30.5 Å². The lowest BCUT2D eigenvalue weighted by Crippen LogP contribution is -2.32. The highest BCUT2D eigenvalue weighted by molar-refractivity contribution is 7.21. The Balaban J connectivity index is 1.69. The van der Waals surface area contributed by atoms with Crippen LogP contribution in [0.5, 0.6) is 0 Å². The van der Waals surface area contributed by atoms with Crippen molar-refractivity contribution in [3.8, 4) is 10.6 Å². The maximum atomic E-state index is 14.4. The molecule has 5 N–H and O–H groups in total. The number of nitrogens with zero attached hydrogens (tertiary/aromatic N) is 3. The molecule has 4 atom stereocenters. The topological polar surface area (TPSA) is 117 Å². The van der Waals surface area contributed by atoms with Gasteiger partial charge in [-0.15, -0.1) is 11.3 Å². The van der Waals surface area contributed by atoms with Crippen molar-refractivity contribution in [1.29, 1.82) is 0 Å². The third kappa shape index (κ3) is 2.98. The van der Waals surface area contributed by atoms with Crippen molar-refractivity contribution in [1.82, 2.24) is 15.0 Å². The molecule has 0 radical (unpaired) electrons. The van der Waals surface area contributed by atoms with E-state index in [2.05, 4.69) is 20.3 Å². The molecule has 4 rings (SSSR count). The Morgan fingerprint density at radius 2 is 2.12 bits per heavy atom. The highest BCUT2D eigenvalue weighted by atomic mass is 32.1. The van der Waals surface area contributed by atoms with Crippen LogP contribution in [-0.4, -0.2) is 50.1 Å². The zero-order valence-electron chi connectivity index (χ0n) is 13.7. The van der Waals surface area contributed by atoms with Crippen LogP contribution in [0.25, 0.3) is 20.8 Å². The molecule has 26 heavy (non-hydrogen) atoms. The van der Waals surface area contributed by atoms with Crippen molar-refractivity contribution in [2.45, 2.75) is 24.7 Å². The van der Waals surface area contributed by atoms with Crippen LogP contribution < -0.4 is 11.1 Å². The fraction of sp³-hybridized carbons (Fsp3) is 0.353. The molecule has 1 aliphatic carbocycles. The third-order valence-corrected chi connectivity index (χ3v) is 5.71. The Morgan fingerprint density at radius 1 is 1.31 bits per heavy atom. The molecule has 2 aromatic heterocycles. The Labute approximate surface area is 152 Å². The van der Waals surface area contributed by atoms with E-state index in [4.69, 9.17) is 5.73 Å². The summed E-state index contributed by atoms with van der Waals surface area (Å²) >= 11 is 1.48. The lowest BCUT2D eigenvalue weighted by Gasteiger charge is -2.18. The van der Waals surface area contributed by atoms with Crippen LogP contribution in [0.3, 0.4) is 0 Å². The molecule has 1 fully saturated rings. The molecule has 9 heteroatoms. The average Bonchev–Trinajstić information content (AvgIpc) is 3.18. The number of aliphatic hydroxyl groups excluding tert-OH is 2. The molecule has 0 saturated heterocycles. The second kappa shape index (κ2) is 6.75. The largest absolute Gasteiger partial charge is 0.396 e. The highest BCUT2D eigenvalue weighted by Crippen LogP contribution is 2.36. The zero-order chi connectivity index (χ0) is 18.3. The number of halogens is 1. The summed E-state index contributed by atoms with van der Waals surface area (Å²) in [6.45, 7) is -0.267. The standard InChI is InChI=1S/C17H18FN5O2S/c18-13-11(5-8(7-24)14(13)25)21-15-9(6-20-17(19)23-15)16-22-10-3-1-2-4-12(10)26-16/h1-4,6,8,11,13-14,24-25H,5,7H2,(H3,19,20,21,23). The molecular weight excluding hydrogens is 357 g/mol. The van der Waals surface area contributed by atoms with Crippen molar-refractivity contribution in [2.24, 2.45) is 5.92 Å². The normalized spacial score (nSPS) is 25.7. The van der Waals surface area contributed by atoms with Gasteiger partial charge in [-0.2, -0.15) is 4.98 Å². The van der Waals surface area contributed by atoms with Gasteiger partial charge >= 0.3 is 0 Å². The number of rotatable bonds is 4. The first kappa shape index (κ1) is 17.1. The second-order valence-electron chi connectivity index (χ2n) is 6.34. The molecule has 1 saturated carbocycles. The summed E-state index contributed by atoms with van der Waals surface area (Å²) in [5.74, 6) is -0.0763. The number of anilines is 2. The molecule has 136 valence electrons. The molecule has 0 amide bonds. The van der Waals surface area contributed by atoms with E-state index in [-0.39, 0.29) is 12.6 Å². The number of alkyl halides is 1. The Kier molecular flexibility index (Phi) is 4.43. The summed E-state index contributed by atoms with van der Waals surface area (Å²) in [5, 5.41) is 22.9. The highest BCUT2D eigenvalue weighted by Gasteiger charge is 2.43. The van der Waals surface area contributed by atoms with E-state index >= 15 is 0 Å². The third-order valence-electron chi connectivity index (χ3n) is 4.64. The van der Waals surface area contributed by atoms with Gasteiger partial charge in [-0.05, 0) is 18.6 Å². The van der Waals surface area contributed by atoms with E-state index in [0.29, 0.717) is 22.8 Å². The summed E-state index contributed by atoms with van der Waals surface area (Å²) in [5.41, 5.74) is 7.18. The number of benzene rings is 1. The number of nitrogens with two attached hydrogens (primary N) is 1. The van der Waals surface area contributed by atoms with Gasteiger partial charge in [-0.1, -0.05) is 12.1 Å². The number of aromatic nitrogens is 3. The molecule has 3 aromatic rings. The van der Waals surface area contributed by atoms with Crippen molar-refractivity contribution in [3.05, 3.63) is 30.5 Å². The molecule has 1 aliphatic rings. The molecule has 0 aliphatic heterocycles. The van der Waals surface area contributed by atoms with Crippen LogP contribution in [0, 0.1) is 5.92 Å². The molecule has 2 heterocycles. The van der Waals surface area contributed by atoms with Crippen LogP contribution >= 0.6 is 11.3 Å². The van der Waals surface area contributed by atoms with Gasteiger partial charge in [-0.25, -0.2) is 14.4 Å². The molecule has 7 nitrogen and oxygen atoms in total. The molecular formula is C17H18FN5O2S. The minimum atomic E-state index is -1.51. The molecule has 1 aromatic carbocycles. The Morgan fingerprint density at radius 3 is 2.85 bits per heavy atom. The fourth-order valence-electron chi connectivity index (χ4n) is 3.24. The number of para-hydroxylation sites is 1. The zero-order valence-corrected chi connectivity index (χ0v) is 14.5. The number of hydrogen-bond acceptors (Lipinski definition) is 8. The predicted octanol–water partition coefficient (Wildman–Crippen LogP) is 1.83. The summed E-state index contributed by atoms with van der Waals surface area (Å²) in [6.07, 6.45) is -0.860. The average molecular weight is 375 g/mol. The van der Waals surface area contributed by atoms with E-state index in [1.807, 2.05) is 24.3 Å². The molecule has 0 spiro atoms. The van der Waals surface area contributed by atoms with E-state index in [1.165, 1.54) is 11.3 Å². The number of fused-ring (bicyclic) bond motifs is 1. The first-order chi connectivity index (χ1) is 12.6. The van der Waals surface area contributed by atoms with Crippen LogP contribution in [-0.2, 0) is 0 Å². The van der Waals surface area contributed by atoms with Crippen molar-refractivity contribution in [2.75, 3.05) is 17.7 Å². The van der Waals surface area contributed by atoms with Crippen molar-refractivity contribution < 1.29 is 14.6 Å². The molecule has 4 unspecified atom stereocenters. The van der Waals surface area contributed by atoms with E-state index in [9.17, 15) is 14.6 Å². The Bertz CT molecular complexity index is 903. The summed E-state index contributed by atoms with van der Waals surface area (Å²) in [4.78, 5) is 12.8. The summed E-state index contributed by atoms with van der Waals surface area (Å²) < 4.78 is 15.4. The van der Waals surface area contributed by atoms with Gasteiger partial charge in [0.25, 0.3) is 0 Å². The van der Waals surface area contributed by atoms with Gasteiger partial charge in [0.2, 0.25) is 5.95 Å². The number of hydrogen-bond donors (Lipinski definition) is 4. The first-order valence-corrected chi connectivity index (χ1v) is 9.06. The maximum Gasteiger partial charge on any atom is 0.221 e. The number of aliphatic hydroxyl groups is 2. The SMILES string of the molecule is Nc1ncc(-c2nc3ccccc3s2)c(NC2CC(CO)C(O)C2F)n1. The van der Waals surface area contributed by atoms with E-state index in [0.717, 1.165) is 10.2 Å². The lowest BCUT2D eigenvalue weighted by atomic mass is 10.1. The van der Waals surface area contributed by atoms with Crippen LogP contribution in [0.1, 0.15) is 6.42 Å². The minimum absolute atomic E-state index is 0.0602.